The van der Waals surface area contributed by atoms with Crippen molar-refractivity contribution in [3.63, 3.8) is 0 Å². The van der Waals surface area contributed by atoms with E-state index in [2.05, 4.69) is 5.32 Å². The van der Waals surface area contributed by atoms with Gasteiger partial charge in [0, 0.05) is 18.2 Å². The van der Waals surface area contributed by atoms with Gasteiger partial charge in [-0.3, -0.25) is 0 Å². The first-order valence-corrected chi connectivity index (χ1v) is 7.67. The summed E-state index contributed by atoms with van der Waals surface area (Å²) in [6.45, 7) is 0.749. The topological polar surface area (TPSA) is 80.2 Å². The quantitative estimate of drug-likeness (QED) is 0.747. The van der Waals surface area contributed by atoms with Crippen LogP contribution in [0, 0.1) is 0 Å². The summed E-state index contributed by atoms with van der Waals surface area (Å²) >= 11 is 0. The molecule has 0 amide bonds. The van der Waals surface area contributed by atoms with Gasteiger partial charge in [0.15, 0.2) is 23.0 Å². The lowest BCUT2D eigenvalue weighted by molar-refractivity contribution is 0.345. The zero-order chi connectivity index (χ0) is 17.3. The van der Waals surface area contributed by atoms with E-state index in [0.717, 1.165) is 29.7 Å². The van der Waals surface area contributed by atoms with Gasteiger partial charge in [-0.05, 0) is 35.7 Å². The molecule has 24 heavy (non-hydrogen) atoms. The summed E-state index contributed by atoms with van der Waals surface area (Å²) in [5.41, 5.74) is 2.77. The molecule has 3 N–H and O–H groups in total. The molecule has 0 radical (unpaired) electrons. The predicted molar refractivity (Wildman–Crippen MR) is 89.4 cm³/mol. The fourth-order valence-corrected chi connectivity index (χ4v) is 3.14. The van der Waals surface area contributed by atoms with Crippen LogP contribution in [0.3, 0.4) is 0 Å². The first-order chi connectivity index (χ1) is 11.6. The second-order valence-electron chi connectivity index (χ2n) is 5.63. The van der Waals surface area contributed by atoms with E-state index >= 15 is 0 Å². The van der Waals surface area contributed by atoms with E-state index in [1.807, 2.05) is 6.07 Å². The van der Waals surface area contributed by atoms with E-state index in [0.29, 0.717) is 17.2 Å². The Labute approximate surface area is 140 Å². The fourth-order valence-electron chi connectivity index (χ4n) is 3.14. The Balaban J connectivity index is 2.15. The Morgan fingerprint density at radius 1 is 0.833 bits per heavy atom. The maximum Gasteiger partial charge on any atom is 0.164 e. The third-order valence-electron chi connectivity index (χ3n) is 4.34. The van der Waals surface area contributed by atoms with Crippen molar-refractivity contribution in [2.24, 2.45) is 0 Å². The van der Waals surface area contributed by atoms with Crippen LogP contribution in [0.5, 0.6) is 28.7 Å². The molecule has 0 aliphatic carbocycles. The van der Waals surface area contributed by atoms with Gasteiger partial charge in [-0.1, -0.05) is 0 Å². The highest BCUT2D eigenvalue weighted by Gasteiger charge is 2.27. The SMILES string of the molecule is COc1cc(OC)c([C@@H]2NCCc3cc(O)c(O)cc32)cc1OC. The van der Waals surface area contributed by atoms with Crippen LogP contribution in [0.15, 0.2) is 24.3 Å². The highest BCUT2D eigenvalue weighted by atomic mass is 16.5. The summed E-state index contributed by atoms with van der Waals surface area (Å²) in [6.07, 6.45) is 0.773. The Bertz CT molecular complexity index is 760. The van der Waals surface area contributed by atoms with Gasteiger partial charge in [-0.25, -0.2) is 0 Å². The van der Waals surface area contributed by atoms with Crippen molar-refractivity contribution >= 4 is 0 Å². The summed E-state index contributed by atoms with van der Waals surface area (Å²) in [5.74, 6) is 1.61. The van der Waals surface area contributed by atoms with Gasteiger partial charge in [-0.2, -0.15) is 0 Å². The summed E-state index contributed by atoms with van der Waals surface area (Å²) < 4.78 is 16.2. The molecule has 1 atom stereocenters. The van der Waals surface area contributed by atoms with Gasteiger partial charge in [0.25, 0.3) is 0 Å². The van der Waals surface area contributed by atoms with E-state index < -0.39 is 0 Å². The molecule has 128 valence electrons. The summed E-state index contributed by atoms with van der Waals surface area (Å²) in [7, 11) is 4.76. The van der Waals surface area contributed by atoms with Crippen LogP contribution in [0.1, 0.15) is 22.7 Å². The van der Waals surface area contributed by atoms with Crippen LogP contribution in [0.2, 0.25) is 0 Å². The maximum atomic E-state index is 9.90. The van der Waals surface area contributed by atoms with E-state index in [9.17, 15) is 10.2 Å². The van der Waals surface area contributed by atoms with Gasteiger partial charge in [-0.15, -0.1) is 0 Å². The lowest BCUT2D eigenvalue weighted by Crippen LogP contribution is -2.30. The van der Waals surface area contributed by atoms with Crippen molar-refractivity contribution in [1.82, 2.24) is 5.32 Å². The molecule has 0 bridgehead atoms. The van der Waals surface area contributed by atoms with Crippen LogP contribution < -0.4 is 19.5 Å². The van der Waals surface area contributed by atoms with Crippen molar-refractivity contribution in [1.29, 1.82) is 0 Å². The average molecular weight is 331 g/mol. The Morgan fingerprint density at radius 3 is 2.12 bits per heavy atom. The molecule has 0 aromatic heterocycles. The molecule has 0 spiro atoms. The lowest BCUT2D eigenvalue weighted by Gasteiger charge is -2.29. The van der Waals surface area contributed by atoms with E-state index in [-0.39, 0.29) is 17.5 Å². The number of phenols is 2. The Kier molecular flexibility index (Phi) is 4.40. The molecule has 6 nitrogen and oxygen atoms in total. The number of aromatic hydroxyl groups is 2. The van der Waals surface area contributed by atoms with E-state index in [1.165, 1.54) is 0 Å². The number of fused-ring (bicyclic) bond motifs is 1. The molecule has 0 unspecified atom stereocenters. The minimum Gasteiger partial charge on any atom is -0.504 e. The minimum atomic E-state index is -0.185. The van der Waals surface area contributed by atoms with Crippen molar-refractivity contribution < 1.29 is 24.4 Å². The molecule has 1 aliphatic heterocycles. The van der Waals surface area contributed by atoms with Crippen LogP contribution in [0.4, 0.5) is 0 Å². The highest BCUT2D eigenvalue weighted by Crippen LogP contribution is 2.42. The fraction of sp³-hybridized carbons (Fsp3) is 0.333. The molecule has 3 rings (SSSR count). The molecule has 0 saturated carbocycles. The molecule has 1 heterocycles. The van der Waals surface area contributed by atoms with E-state index in [4.69, 9.17) is 14.2 Å². The second-order valence-corrected chi connectivity index (χ2v) is 5.63. The molecular formula is C18H21NO5. The molecule has 2 aromatic carbocycles. The first kappa shape index (κ1) is 16.3. The predicted octanol–water partition coefficient (Wildman–Crippen LogP) is 2.36. The third-order valence-corrected chi connectivity index (χ3v) is 4.34. The number of ether oxygens (including phenoxy) is 3. The Hall–Kier alpha value is -2.60. The van der Waals surface area contributed by atoms with E-state index in [1.54, 1.807) is 39.5 Å². The van der Waals surface area contributed by atoms with Crippen molar-refractivity contribution in [2.45, 2.75) is 12.5 Å². The third kappa shape index (κ3) is 2.69. The van der Waals surface area contributed by atoms with Crippen LogP contribution in [-0.4, -0.2) is 38.1 Å². The van der Waals surface area contributed by atoms with Crippen LogP contribution in [0.25, 0.3) is 0 Å². The maximum absolute atomic E-state index is 9.90. The van der Waals surface area contributed by atoms with Gasteiger partial charge in [0.2, 0.25) is 0 Å². The number of hydrogen-bond donors (Lipinski definition) is 3. The highest BCUT2D eigenvalue weighted by molar-refractivity contribution is 5.56. The summed E-state index contributed by atoms with van der Waals surface area (Å²) in [5, 5.41) is 23.1. The largest absolute Gasteiger partial charge is 0.504 e. The lowest BCUT2D eigenvalue weighted by atomic mass is 9.88. The van der Waals surface area contributed by atoms with Crippen molar-refractivity contribution in [2.75, 3.05) is 27.9 Å². The number of hydrogen-bond acceptors (Lipinski definition) is 6. The van der Waals surface area contributed by atoms with Gasteiger partial charge < -0.3 is 29.7 Å². The average Bonchev–Trinajstić information content (AvgIpc) is 2.61. The number of nitrogens with one attached hydrogen (secondary N) is 1. The number of rotatable bonds is 4. The molecule has 0 saturated heterocycles. The number of phenolic OH excluding ortho intramolecular Hbond substituents is 2. The van der Waals surface area contributed by atoms with Gasteiger partial charge in [0.1, 0.15) is 5.75 Å². The monoisotopic (exact) mass is 331 g/mol. The van der Waals surface area contributed by atoms with Crippen LogP contribution >= 0.6 is 0 Å². The minimum absolute atomic E-state index is 0.103. The summed E-state index contributed by atoms with van der Waals surface area (Å²) in [4.78, 5) is 0. The van der Waals surface area contributed by atoms with Crippen LogP contribution in [-0.2, 0) is 6.42 Å². The van der Waals surface area contributed by atoms with Crippen molar-refractivity contribution in [3.8, 4) is 28.7 Å². The molecule has 6 heteroatoms. The molecule has 2 aromatic rings. The second kappa shape index (κ2) is 6.49. The standard InChI is InChI=1S/C18H21NO5/c1-22-15-9-17(24-3)16(23-2)8-12(15)18-11-7-14(21)13(20)6-10(11)4-5-19-18/h6-9,18-21H,4-5H2,1-3H3/t18-/m1/s1. The molecule has 1 aliphatic rings. The van der Waals surface area contributed by atoms with Gasteiger partial charge in [0.05, 0.1) is 27.4 Å². The molecule has 0 fully saturated rings. The normalized spacial score (nSPS) is 16.4. The van der Waals surface area contributed by atoms with Gasteiger partial charge >= 0.3 is 0 Å². The smallest absolute Gasteiger partial charge is 0.164 e. The number of methoxy groups -OCH3 is 3. The first-order valence-electron chi connectivity index (χ1n) is 7.67. The summed E-state index contributed by atoms with van der Waals surface area (Å²) in [6, 6.07) is 6.68. The van der Waals surface area contributed by atoms with Crippen molar-refractivity contribution in [3.05, 3.63) is 41.0 Å². The Morgan fingerprint density at radius 2 is 1.46 bits per heavy atom. The zero-order valence-corrected chi connectivity index (χ0v) is 13.9. The number of benzene rings is 2. The molecular weight excluding hydrogens is 310 g/mol. The zero-order valence-electron chi connectivity index (χ0n) is 13.9.